The van der Waals surface area contributed by atoms with Crippen LogP contribution in [0.15, 0.2) is 9.59 Å². The van der Waals surface area contributed by atoms with Crippen molar-refractivity contribution >= 4 is 0 Å². The first-order valence-corrected chi connectivity index (χ1v) is 7.02. The van der Waals surface area contributed by atoms with Crippen LogP contribution in [0.25, 0.3) is 0 Å². The number of aromatic hydroxyl groups is 1. The Morgan fingerprint density at radius 3 is 2.58 bits per heavy atom. The van der Waals surface area contributed by atoms with Gasteiger partial charge < -0.3 is 5.11 Å². The Morgan fingerprint density at radius 1 is 1.32 bits per heavy atom. The van der Waals surface area contributed by atoms with E-state index in [4.69, 9.17) is 0 Å². The van der Waals surface area contributed by atoms with Crippen molar-refractivity contribution in [3.05, 3.63) is 26.4 Å². The highest BCUT2D eigenvalue weighted by Gasteiger charge is 2.30. The van der Waals surface area contributed by atoms with Crippen LogP contribution in [0.2, 0.25) is 0 Å². The molecule has 19 heavy (non-hydrogen) atoms. The van der Waals surface area contributed by atoms with E-state index in [0.29, 0.717) is 23.8 Å². The van der Waals surface area contributed by atoms with Gasteiger partial charge in [-0.25, -0.2) is 4.79 Å². The fourth-order valence-electron chi connectivity index (χ4n) is 3.24. The Bertz CT molecular complexity index is 573. The van der Waals surface area contributed by atoms with Gasteiger partial charge in [-0.15, -0.1) is 0 Å². The summed E-state index contributed by atoms with van der Waals surface area (Å²) in [7, 11) is 0. The van der Waals surface area contributed by atoms with E-state index in [9.17, 15) is 14.7 Å². The van der Waals surface area contributed by atoms with Gasteiger partial charge >= 0.3 is 5.69 Å². The molecule has 1 fully saturated rings. The molecular weight excluding hydrogens is 244 g/mol. The summed E-state index contributed by atoms with van der Waals surface area (Å²) in [5.74, 6) is 0.822. The zero-order valence-corrected chi connectivity index (χ0v) is 11.8. The summed E-state index contributed by atoms with van der Waals surface area (Å²) in [5.41, 5.74) is -0.672. The highest BCUT2D eigenvalue weighted by atomic mass is 16.3. The maximum Gasteiger partial charge on any atom is 0.331 e. The van der Waals surface area contributed by atoms with E-state index < -0.39 is 11.2 Å². The first-order chi connectivity index (χ1) is 8.95. The second-order valence-corrected chi connectivity index (χ2v) is 5.75. The molecule has 5 heteroatoms. The van der Waals surface area contributed by atoms with Crippen LogP contribution in [0.5, 0.6) is 5.88 Å². The van der Waals surface area contributed by atoms with Crippen LogP contribution in [0.3, 0.4) is 0 Å². The molecule has 1 saturated carbocycles. The van der Waals surface area contributed by atoms with Gasteiger partial charge in [0.25, 0.3) is 5.56 Å². The summed E-state index contributed by atoms with van der Waals surface area (Å²) >= 11 is 0. The van der Waals surface area contributed by atoms with Crippen LogP contribution in [0.4, 0.5) is 0 Å². The van der Waals surface area contributed by atoms with Crippen LogP contribution in [-0.4, -0.2) is 14.7 Å². The fourth-order valence-corrected chi connectivity index (χ4v) is 3.24. The predicted octanol–water partition coefficient (Wildman–Crippen LogP) is 1.80. The molecule has 2 N–H and O–H groups in total. The molecule has 1 heterocycles. The van der Waals surface area contributed by atoms with E-state index in [0.717, 1.165) is 19.3 Å². The predicted molar refractivity (Wildman–Crippen MR) is 73.6 cm³/mol. The second-order valence-electron chi connectivity index (χ2n) is 5.75. The maximum absolute atomic E-state index is 12.0. The minimum absolute atomic E-state index is 0.0224. The summed E-state index contributed by atoms with van der Waals surface area (Å²) in [6.45, 7) is 6.11. The van der Waals surface area contributed by atoms with Crippen LogP contribution < -0.4 is 11.2 Å². The molecule has 3 atom stereocenters. The molecular formula is C14H22N2O3. The number of nitrogens with one attached hydrogen (secondary N) is 1. The van der Waals surface area contributed by atoms with Gasteiger partial charge in [0.15, 0.2) is 0 Å². The van der Waals surface area contributed by atoms with E-state index in [1.807, 2.05) is 0 Å². The highest BCUT2D eigenvalue weighted by molar-refractivity contribution is 5.23. The van der Waals surface area contributed by atoms with Crippen molar-refractivity contribution in [2.45, 2.75) is 52.5 Å². The lowest BCUT2D eigenvalue weighted by molar-refractivity contribution is 0.188. The summed E-state index contributed by atoms with van der Waals surface area (Å²) in [4.78, 5) is 26.0. The van der Waals surface area contributed by atoms with Crippen LogP contribution >= 0.6 is 0 Å². The molecule has 0 saturated heterocycles. The van der Waals surface area contributed by atoms with Crippen molar-refractivity contribution < 1.29 is 5.11 Å². The molecule has 0 radical (unpaired) electrons. The number of aromatic amines is 1. The Hall–Kier alpha value is -1.52. The number of nitrogens with zero attached hydrogens (tertiary/aromatic N) is 1. The molecule has 1 aromatic heterocycles. The van der Waals surface area contributed by atoms with E-state index in [1.165, 1.54) is 4.57 Å². The van der Waals surface area contributed by atoms with E-state index in [-0.39, 0.29) is 11.9 Å². The standard InChI is InChI=1S/C14H22N2O3/c1-4-10-12(17)15-14(19)16(13(10)18)11-6-5-8(2)7-9(11)3/h8-9,11,18H,4-7H2,1-3H3,(H,15,17,19). The molecule has 5 nitrogen and oxygen atoms in total. The van der Waals surface area contributed by atoms with Gasteiger partial charge in [-0.3, -0.25) is 14.3 Å². The average molecular weight is 266 g/mol. The quantitative estimate of drug-likeness (QED) is 0.857. The van der Waals surface area contributed by atoms with Crippen molar-refractivity contribution in [2.24, 2.45) is 11.8 Å². The molecule has 0 amide bonds. The van der Waals surface area contributed by atoms with Crippen LogP contribution in [0.1, 0.15) is 51.6 Å². The lowest BCUT2D eigenvalue weighted by atomic mass is 9.79. The summed E-state index contributed by atoms with van der Waals surface area (Å²) in [6.07, 6.45) is 3.36. The average Bonchev–Trinajstić information content (AvgIpc) is 2.31. The zero-order valence-electron chi connectivity index (χ0n) is 11.8. The molecule has 2 rings (SSSR count). The summed E-state index contributed by atoms with van der Waals surface area (Å²) in [6, 6.07) is -0.0224. The molecule has 3 unspecified atom stereocenters. The Kier molecular flexibility index (Phi) is 3.83. The van der Waals surface area contributed by atoms with Crippen molar-refractivity contribution in [2.75, 3.05) is 0 Å². The molecule has 0 aliphatic heterocycles. The van der Waals surface area contributed by atoms with E-state index in [2.05, 4.69) is 18.8 Å². The van der Waals surface area contributed by atoms with Crippen molar-refractivity contribution in [3.8, 4) is 5.88 Å². The molecule has 1 aromatic rings. The van der Waals surface area contributed by atoms with Gasteiger partial charge in [-0.2, -0.15) is 0 Å². The number of rotatable bonds is 2. The Morgan fingerprint density at radius 2 is 2.00 bits per heavy atom. The lowest BCUT2D eigenvalue weighted by Gasteiger charge is -2.34. The molecule has 0 bridgehead atoms. The normalized spacial score (nSPS) is 27.4. The number of hydrogen-bond donors (Lipinski definition) is 2. The third kappa shape index (κ3) is 2.46. The second kappa shape index (κ2) is 5.23. The number of hydrogen-bond acceptors (Lipinski definition) is 3. The number of aromatic nitrogens is 2. The van der Waals surface area contributed by atoms with Crippen molar-refractivity contribution in [1.29, 1.82) is 0 Å². The van der Waals surface area contributed by atoms with Crippen molar-refractivity contribution in [1.82, 2.24) is 9.55 Å². The lowest BCUT2D eigenvalue weighted by Crippen LogP contribution is -2.38. The Balaban J connectivity index is 2.51. The fraction of sp³-hybridized carbons (Fsp3) is 0.714. The smallest absolute Gasteiger partial charge is 0.331 e. The minimum Gasteiger partial charge on any atom is -0.494 e. The Labute approximate surface area is 112 Å². The van der Waals surface area contributed by atoms with Gasteiger partial charge in [0.05, 0.1) is 5.56 Å². The van der Waals surface area contributed by atoms with Gasteiger partial charge in [0.1, 0.15) is 0 Å². The third-order valence-corrected chi connectivity index (χ3v) is 4.28. The van der Waals surface area contributed by atoms with Gasteiger partial charge in [-0.1, -0.05) is 20.8 Å². The summed E-state index contributed by atoms with van der Waals surface area (Å²) in [5, 5.41) is 10.2. The third-order valence-electron chi connectivity index (χ3n) is 4.28. The highest BCUT2D eigenvalue weighted by Crippen LogP contribution is 2.37. The van der Waals surface area contributed by atoms with Gasteiger partial charge in [-0.05, 0) is 37.5 Å². The zero-order chi connectivity index (χ0) is 14.2. The van der Waals surface area contributed by atoms with Gasteiger partial charge in [0, 0.05) is 6.04 Å². The van der Waals surface area contributed by atoms with Crippen LogP contribution in [-0.2, 0) is 6.42 Å². The molecule has 106 valence electrons. The van der Waals surface area contributed by atoms with E-state index >= 15 is 0 Å². The van der Waals surface area contributed by atoms with Crippen LogP contribution in [0, 0.1) is 11.8 Å². The molecule has 1 aliphatic rings. The molecule has 0 aromatic carbocycles. The van der Waals surface area contributed by atoms with Crippen molar-refractivity contribution in [3.63, 3.8) is 0 Å². The SMILES string of the molecule is CCc1c(O)n(C2CCC(C)CC2C)c(=O)[nH]c1=O. The van der Waals surface area contributed by atoms with Gasteiger partial charge in [0.2, 0.25) is 5.88 Å². The topological polar surface area (TPSA) is 75.1 Å². The maximum atomic E-state index is 12.0. The number of H-pyrrole nitrogens is 1. The summed E-state index contributed by atoms with van der Waals surface area (Å²) < 4.78 is 1.39. The minimum atomic E-state index is -0.494. The monoisotopic (exact) mass is 266 g/mol. The molecule has 0 spiro atoms. The first-order valence-electron chi connectivity index (χ1n) is 7.02. The van der Waals surface area contributed by atoms with E-state index in [1.54, 1.807) is 6.92 Å². The molecule has 1 aliphatic carbocycles. The largest absolute Gasteiger partial charge is 0.494 e. The first kappa shape index (κ1) is 13.9.